The Kier molecular flexibility index (Phi) is 7.98. The number of β-lactam (4-membered cyclic amide) rings is 1. The van der Waals surface area contributed by atoms with Gasteiger partial charge in [0, 0.05) is 17.5 Å². The molecule has 0 spiro atoms. The molecule has 0 aliphatic carbocycles. The van der Waals surface area contributed by atoms with E-state index in [0.29, 0.717) is 5.56 Å². The number of hydrogen-bond acceptors (Lipinski definition) is 13. The van der Waals surface area contributed by atoms with Crippen LogP contribution in [0.1, 0.15) is 32.0 Å². The van der Waals surface area contributed by atoms with E-state index in [9.17, 15) is 32.9 Å². The molecule has 16 nitrogen and oxygen atoms in total. The van der Waals surface area contributed by atoms with E-state index < -0.39 is 56.4 Å². The first-order chi connectivity index (χ1) is 17.6. The van der Waals surface area contributed by atoms with E-state index >= 15 is 0 Å². The minimum Gasteiger partial charge on any atom is -0.458 e. The van der Waals surface area contributed by atoms with Crippen LogP contribution in [-0.4, -0.2) is 68.4 Å². The third-order valence-corrected chi connectivity index (χ3v) is 6.91. The maximum absolute atomic E-state index is 12.9. The Balaban J connectivity index is 1.72. The number of aromatic nitrogens is 1. The van der Waals surface area contributed by atoms with Gasteiger partial charge in [0.15, 0.2) is 10.8 Å². The van der Waals surface area contributed by atoms with Crippen LogP contribution in [0.25, 0.3) is 0 Å². The highest BCUT2D eigenvalue weighted by Crippen LogP contribution is 2.24. The molecule has 0 saturated carbocycles. The number of esters is 1. The predicted molar refractivity (Wildman–Crippen MR) is 131 cm³/mol. The number of rotatable bonds is 10. The van der Waals surface area contributed by atoms with Crippen molar-refractivity contribution in [2.45, 2.75) is 45.1 Å². The number of anilines is 1. The van der Waals surface area contributed by atoms with Gasteiger partial charge in [0.25, 0.3) is 17.5 Å². The number of hydrogen-bond donors (Lipinski definition) is 3. The van der Waals surface area contributed by atoms with Crippen LogP contribution in [0, 0.1) is 10.1 Å². The Morgan fingerprint density at radius 1 is 1.34 bits per heavy atom. The van der Waals surface area contributed by atoms with Gasteiger partial charge in [-0.3, -0.25) is 24.3 Å². The number of nitro groups is 1. The number of benzene rings is 1. The summed E-state index contributed by atoms with van der Waals surface area (Å²) >= 11 is 0.971. The summed E-state index contributed by atoms with van der Waals surface area (Å²) in [7, 11) is -4.80. The zero-order valence-corrected chi connectivity index (χ0v) is 21.7. The summed E-state index contributed by atoms with van der Waals surface area (Å²) < 4.78 is 37.1. The number of oxime groups is 1. The van der Waals surface area contributed by atoms with E-state index in [4.69, 9.17) is 19.9 Å². The molecule has 18 heteroatoms. The average Bonchev–Trinajstić information content (AvgIpc) is 3.26. The van der Waals surface area contributed by atoms with E-state index in [1.54, 1.807) is 0 Å². The maximum atomic E-state index is 12.9. The van der Waals surface area contributed by atoms with Gasteiger partial charge in [-0.25, -0.2) is 14.1 Å². The topological polar surface area (TPSA) is 234 Å². The van der Waals surface area contributed by atoms with E-state index in [2.05, 4.69) is 15.5 Å². The Morgan fingerprint density at radius 3 is 2.47 bits per heavy atom. The van der Waals surface area contributed by atoms with Crippen molar-refractivity contribution in [3.05, 3.63) is 51.0 Å². The van der Waals surface area contributed by atoms with Crippen LogP contribution in [0.4, 0.5) is 10.8 Å². The molecule has 1 fully saturated rings. The highest BCUT2D eigenvalue weighted by Gasteiger charge is 2.51. The van der Waals surface area contributed by atoms with Crippen LogP contribution in [0.15, 0.2) is 34.8 Å². The summed E-state index contributed by atoms with van der Waals surface area (Å²) in [5.41, 5.74) is 3.72. The first-order valence-corrected chi connectivity index (χ1v) is 12.9. The number of ether oxygens (including phenoxy) is 1. The van der Waals surface area contributed by atoms with Crippen molar-refractivity contribution in [3.63, 3.8) is 0 Å². The molecule has 4 N–H and O–H groups in total. The van der Waals surface area contributed by atoms with E-state index in [-0.39, 0.29) is 27.4 Å². The third-order valence-electron chi connectivity index (χ3n) is 5.22. The van der Waals surface area contributed by atoms with Crippen molar-refractivity contribution in [1.29, 1.82) is 0 Å². The van der Waals surface area contributed by atoms with E-state index in [0.717, 1.165) is 11.3 Å². The molecule has 0 unspecified atom stereocenters. The standard InChI is InChI=1S/C20H22N6O10S2/c1-10-14(17(28)25(10)38(32,33)34)23-16(27)15(13-9-37-19(21)22-13)24-36-20(2,3)18(29)35-8-11-4-6-12(7-5-11)26(30)31/h4-7,9-10,14H,8H2,1-3H3,(H2,21,22)(H,23,27)(H,32,33,34)/t10-,14-/m0/s1. The monoisotopic (exact) mass is 570 g/mol. The number of nitrogens with one attached hydrogen (secondary N) is 1. The first-order valence-electron chi connectivity index (χ1n) is 10.6. The molecular formula is C20H22N6O10S2. The Hall–Kier alpha value is -4.16. The highest BCUT2D eigenvalue weighted by atomic mass is 32.2. The molecular weight excluding hydrogens is 548 g/mol. The molecule has 1 saturated heterocycles. The summed E-state index contributed by atoms with van der Waals surface area (Å²) in [5, 5.41) is 18.2. The van der Waals surface area contributed by atoms with Gasteiger partial charge in [-0.1, -0.05) is 5.16 Å². The fourth-order valence-corrected chi connectivity index (χ4v) is 4.58. The highest BCUT2D eigenvalue weighted by molar-refractivity contribution is 7.84. The van der Waals surface area contributed by atoms with Gasteiger partial charge < -0.3 is 20.6 Å². The van der Waals surface area contributed by atoms with Gasteiger partial charge in [-0.2, -0.15) is 8.42 Å². The lowest BCUT2D eigenvalue weighted by atomic mass is 10.0. The van der Waals surface area contributed by atoms with E-state index in [1.807, 2.05) is 0 Å². The van der Waals surface area contributed by atoms with Crippen LogP contribution in [0.2, 0.25) is 0 Å². The molecule has 38 heavy (non-hydrogen) atoms. The van der Waals surface area contributed by atoms with Crippen LogP contribution in [0.5, 0.6) is 0 Å². The zero-order chi connectivity index (χ0) is 28.4. The van der Waals surface area contributed by atoms with Crippen LogP contribution in [-0.2, 0) is 40.9 Å². The smallest absolute Gasteiger partial charge is 0.362 e. The van der Waals surface area contributed by atoms with Gasteiger partial charge in [-0.15, -0.1) is 11.3 Å². The van der Waals surface area contributed by atoms with Crippen molar-refractivity contribution >= 4 is 56.0 Å². The van der Waals surface area contributed by atoms with Crippen LogP contribution in [0.3, 0.4) is 0 Å². The SMILES string of the molecule is C[C@H]1[C@H](NC(=O)C(=NOC(C)(C)C(=O)OCc2ccc([N+](=O)[O-])cc2)c2csc(N)n2)C(=O)N1S(=O)(=O)O. The number of carbonyl (C=O) groups excluding carboxylic acids is 3. The zero-order valence-electron chi connectivity index (χ0n) is 20.1. The summed E-state index contributed by atoms with van der Waals surface area (Å²) in [5.74, 6) is -2.95. The van der Waals surface area contributed by atoms with Gasteiger partial charge in [0.1, 0.15) is 18.3 Å². The number of nitro benzene ring substituents is 1. The number of nitrogen functional groups attached to an aromatic ring is 1. The largest absolute Gasteiger partial charge is 0.458 e. The second-order valence-electron chi connectivity index (χ2n) is 8.42. The Morgan fingerprint density at radius 2 is 1.97 bits per heavy atom. The van der Waals surface area contributed by atoms with Gasteiger partial charge in [0.2, 0.25) is 5.60 Å². The molecule has 2 amide bonds. The van der Waals surface area contributed by atoms with Crippen molar-refractivity contribution < 1.29 is 41.9 Å². The van der Waals surface area contributed by atoms with Crippen molar-refractivity contribution in [2.75, 3.05) is 5.73 Å². The predicted octanol–water partition coefficient (Wildman–Crippen LogP) is 0.395. The fourth-order valence-electron chi connectivity index (χ4n) is 3.15. The lowest BCUT2D eigenvalue weighted by Crippen LogP contribution is -2.71. The van der Waals surface area contributed by atoms with Crippen LogP contribution >= 0.6 is 11.3 Å². The summed E-state index contributed by atoms with van der Waals surface area (Å²) in [6.45, 7) is 3.68. The minimum absolute atomic E-state index is 0.0499. The fraction of sp³-hybridized carbons (Fsp3) is 0.350. The minimum atomic E-state index is -4.80. The van der Waals surface area contributed by atoms with E-state index in [1.165, 1.54) is 50.4 Å². The number of amides is 2. The molecule has 0 bridgehead atoms. The van der Waals surface area contributed by atoms with Crippen molar-refractivity contribution in [3.8, 4) is 0 Å². The molecule has 0 radical (unpaired) electrons. The third kappa shape index (κ3) is 6.21. The van der Waals surface area contributed by atoms with Crippen molar-refractivity contribution in [1.82, 2.24) is 14.6 Å². The molecule has 1 aliphatic heterocycles. The molecule has 2 atom stereocenters. The summed E-state index contributed by atoms with van der Waals surface area (Å²) in [6.07, 6.45) is 0. The molecule has 204 valence electrons. The number of non-ortho nitro benzene ring substituents is 1. The lowest BCUT2D eigenvalue weighted by Gasteiger charge is -2.42. The summed E-state index contributed by atoms with van der Waals surface area (Å²) in [4.78, 5) is 57.1. The maximum Gasteiger partial charge on any atom is 0.362 e. The Bertz CT molecular complexity index is 1400. The van der Waals surface area contributed by atoms with Gasteiger partial charge in [0.05, 0.1) is 11.0 Å². The normalized spacial score (nSPS) is 17.9. The second kappa shape index (κ2) is 10.7. The number of nitrogens with two attached hydrogens (primary N) is 1. The summed E-state index contributed by atoms with van der Waals surface area (Å²) in [6, 6.07) is 2.95. The Labute approximate surface area is 219 Å². The molecule has 1 aromatic carbocycles. The van der Waals surface area contributed by atoms with Gasteiger partial charge in [-0.05, 0) is 38.5 Å². The molecule has 1 aliphatic rings. The molecule has 2 heterocycles. The second-order valence-corrected chi connectivity index (χ2v) is 10.6. The lowest BCUT2D eigenvalue weighted by molar-refractivity contribution is -0.384. The quantitative estimate of drug-likeness (QED) is 0.0879. The number of thiazole rings is 1. The van der Waals surface area contributed by atoms with Crippen LogP contribution < -0.4 is 11.1 Å². The number of carbonyl (C=O) groups is 3. The molecule has 3 rings (SSSR count). The van der Waals surface area contributed by atoms with Gasteiger partial charge >= 0.3 is 16.3 Å². The number of nitrogens with zero attached hydrogens (tertiary/aromatic N) is 4. The molecule has 1 aromatic heterocycles. The van der Waals surface area contributed by atoms with Crippen molar-refractivity contribution in [2.24, 2.45) is 5.16 Å². The molecule has 2 aromatic rings. The average molecular weight is 571 g/mol. The first kappa shape index (κ1) is 28.4.